The molecule has 5 nitrogen and oxygen atoms in total. The fourth-order valence-electron chi connectivity index (χ4n) is 1.88. The Kier molecular flexibility index (Phi) is 4.81. The minimum absolute atomic E-state index is 0.162. The highest BCUT2D eigenvalue weighted by atomic mass is 19.1. The molecule has 0 aliphatic carbocycles. The third kappa shape index (κ3) is 3.53. The molecule has 1 amide bonds. The van der Waals surface area contributed by atoms with Gasteiger partial charge in [0.1, 0.15) is 17.3 Å². The van der Waals surface area contributed by atoms with E-state index in [0.717, 1.165) is 0 Å². The van der Waals surface area contributed by atoms with Gasteiger partial charge in [-0.05, 0) is 26.0 Å². The van der Waals surface area contributed by atoms with Crippen molar-refractivity contribution in [3.8, 4) is 0 Å². The molecule has 0 spiro atoms. The number of para-hydroxylation sites is 1. The van der Waals surface area contributed by atoms with Gasteiger partial charge in [-0.15, -0.1) is 0 Å². The average molecular weight is 288 g/mol. The van der Waals surface area contributed by atoms with E-state index in [1.807, 2.05) is 13.8 Å². The monoisotopic (exact) mass is 288 g/mol. The van der Waals surface area contributed by atoms with Gasteiger partial charge in [-0.25, -0.2) is 14.4 Å². The van der Waals surface area contributed by atoms with Crippen LogP contribution in [0.1, 0.15) is 24.3 Å². The number of nitrogens with one attached hydrogen (secondary N) is 1. The van der Waals surface area contributed by atoms with Crippen molar-refractivity contribution in [3.63, 3.8) is 0 Å². The zero-order chi connectivity index (χ0) is 15.2. The van der Waals surface area contributed by atoms with Crippen LogP contribution in [0, 0.1) is 5.82 Å². The van der Waals surface area contributed by atoms with Crippen LogP contribution >= 0.6 is 0 Å². The van der Waals surface area contributed by atoms with Crippen molar-refractivity contribution < 1.29 is 9.18 Å². The predicted molar refractivity (Wildman–Crippen MR) is 79.0 cm³/mol. The lowest BCUT2D eigenvalue weighted by Crippen LogP contribution is -2.31. The molecular weight excluding hydrogens is 271 g/mol. The maximum absolute atomic E-state index is 13.5. The van der Waals surface area contributed by atoms with Crippen molar-refractivity contribution in [3.05, 3.63) is 48.2 Å². The fraction of sp³-hybridized carbons (Fsp3) is 0.267. The van der Waals surface area contributed by atoms with Gasteiger partial charge in [-0.1, -0.05) is 12.1 Å². The largest absolute Gasteiger partial charge is 0.338 e. The molecule has 110 valence electrons. The summed E-state index contributed by atoms with van der Waals surface area (Å²) in [5.74, 6) is -0.149. The summed E-state index contributed by atoms with van der Waals surface area (Å²) in [6.07, 6.45) is 2.81. The highest BCUT2D eigenvalue weighted by Gasteiger charge is 2.14. The van der Waals surface area contributed by atoms with Crippen LogP contribution in [0.15, 0.2) is 36.7 Å². The standard InChI is InChI=1S/C15H17FN4O/c1-3-20(4-2)15(21)13-9-18-14(10-17-13)19-12-8-6-5-7-11(12)16/h5-10H,3-4H2,1-2H3,(H,18,19). The van der Waals surface area contributed by atoms with E-state index in [1.54, 1.807) is 23.1 Å². The SMILES string of the molecule is CCN(CC)C(=O)c1cnc(Nc2ccccc2F)cn1. The second kappa shape index (κ2) is 6.78. The summed E-state index contributed by atoms with van der Waals surface area (Å²) in [5, 5.41) is 2.82. The number of amides is 1. The summed E-state index contributed by atoms with van der Waals surface area (Å²) in [7, 11) is 0. The quantitative estimate of drug-likeness (QED) is 0.919. The van der Waals surface area contributed by atoms with Gasteiger partial charge in [0.15, 0.2) is 0 Å². The van der Waals surface area contributed by atoms with E-state index < -0.39 is 0 Å². The molecule has 0 atom stereocenters. The number of anilines is 2. The Bertz CT molecular complexity index is 611. The predicted octanol–water partition coefficient (Wildman–Crippen LogP) is 2.84. The van der Waals surface area contributed by atoms with Crippen LogP contribution in [0.3, 0.4) is 0 Å². The number of benzene rings is 1. The van der Waals surface area contributed by atoms with Crippen molar-refractivity contribution in [1.29, 1.82) is 0 Å². The van der Waals surface area contributed by atoms with E-state index in [4.69, 9.17) is 0 Å². The summed E-state index contributed by atoms with van der Waals surface area (Å²) in [6, 6.07) is 6.29. The van der Waals surface area contributed by atoms with Crippen LogP contribution in [-0.2, 0) is 0 Å². The number of halogens is 1. The van der Waals surface area contributed by atoms with Crippen LogP contribution in [0.5, 0.6) is 0 Å². The molecule has 0 fully saturated rings. The fourth-order valence-corrected chi connectivity index (χ4v) is 1.88. The topological polar surface area (TPSA) is 58.1 Å². The third-order valence-corrected chi connectivity index (χ3v) is 3.06. The van der Waals surface area contributed by atoms with Gasteiger partial charge < -0.3 is 10.2 Å². The molecule has 1 heterocycles. The summed E-state index contributed by atoms with van der Waals surface area (Å²) < 4.78 is 13.5. The van der Waals surface area contributed by atoms with E-state index >= 15 is 0 Å². The molecule has 0 aliphatic rings. The van der Waals surface area contributed by atoms with Gasteiger partial charge in [0.2, 0.25) is 0 Å². The molecule has 0 unspecified atom stereocenters. The molecular formula is C15H17FN4O. The first-order valence-corrected chi connectivity index (χ1v) is 6.78. The number of aromatic nitrogens is 2. The molecule has 1 N–H and O–H groups in total. The Labute approximate surface area is 122 Å². The van der Waals surface area contributed by atoms with Crippen LogP contribution in [0.4, 0.5) is 15.9 Å². The van der Waals surface area contributed by atoms with E-state index in [0.29, 0.717) is 24.6 Å². The average Bonchev–Trinajstić information content (AvgIpc) is 2.51. The maximum atomic E-state index is 13.5. The van der Waals surface area contributed by atoms with E-state index in [1.165, 1.54) is 18.5 Å². The lowest BCUT2D eigenvalue weighted by Gasteiger charge is -2.17. The first kappa shape index (κ1) is 14.9. The lowest BCUT2D eigenvalue weighted by atomic mass is 10.3. The number of carbonyl (C=O) groups is 1. The van der Waals surface area contributed by atoms with Crippen LogP contribution in [0.25, 0.3) is 0 Å². The number of hydrogen-bond donors (Lipinski definition) is 1. The smallest absolute Gasteiger partial charge is 0.274 e. The summed E-state index contributed by atoms with van der Waals surface area (Å²) in [5.41, 5.74) is 0.590. The van der Waals surface area contributed by atoms with Gasteiger partial charge >= 0.3 is 0 Å². The molecule has 2 rings (SSSR count). The Morgan fingerprint density at radius 2 is 1.90 bits per heavy atom. The first-order chi connectivity index (χ1) is 10.2. The van der Waals surface area contributed by atoms with Crippen LogP contribution in [0.2, 0.25) is 0 Å². The molecule has 6 heteroatoms. The summed E-state index contributed by atoms with van der Waals surface area (Å²) in [4.78, 5) is 21.9. The van der Waals surface area contributed by atoms with Crippen molar-refractivity contribution in [2.45, 2.75) is 13.8 Å². The highest BCUT2D eigenvalue weighted by molar-refractivity contribution is 5.92. The van der Waals surface area contributed by atoms with Crippen molar-refractivity contribution >= 4 is 17.4 Å². The molecule has 0 saturated heterocycles. The first-order valence-electron chi connectivity index (χ1n) is 6.78. The van der Waals surface area contributed by atoms with Gasteiger partial charge in [0, 0.05) is 13.1 Å². The van der Waals surface area contributed by atoms with E-state index in [9.17, 15) is 9.18 Å². The second-order valence-corrected chi connectivity index (χ2v) is 4.37. The molecule has 0 bridgehead atoms. The number of carbonyl (C=O) groups excluding carboxylic acids is 1. The lowest BCUT2D eigenvalue weighted by molar-refractivity contribution is 0.0766. The Morgan fingerprint density at radius 3 is 2.48 bits per heavy atom. The van der Waals surface area contributed by atoms with E-state index in [-0.39, 0.29) is 17.4 Å². The normalized spacial score (nSPS) is 10.2. The van der Waals surface area contributed by atoms with Gasteiger partial charge in [-0.3, -0.25) is 4.79 Å². The number of rotatable bonds is 5. The van der Waals surface area contributed by atoms with Crippen molar-refractivity contribution in [2.24, 2.45) is 0 Å². The van der Waals surface area contributed by atoms with Crippen molar-refractivity contribution in [2.75, 3.05) is 18.4 Å². The number of hydrogen-bond acceptors (Lipinski definition) is 4. The van der Waals surface area contributed by atoms with Crippen LogP contribution < -0.4 is 5.32 Å². The molecule has 0 radical (unpaired) electrons. The van der Waals surface area contributed by atoms with Gasteiger partial charge in [0.05, 0.1) is 18.1 Å². The molecule has 1 aromatic heterocycles. The maximum Gasteiger partial charge on any atom is 0.274 e. The van der Waals surface area contributed by atoms with E-state index in [2.05, 4.69) is 15.3 Å². The van der Waals surface area contributed by atoms with Crippen molar-refractivity contribution in [1.82, 2.24) is 14.9 Å². The zero-order valence-electron chi connectivity index (χ0n) is 12.0. The van der Waals surface area contributed by atoms with Gasteiger partial charge in [-0.2, -0.15) is 0 Å². The highest BCUT2D eigenvalue weighted by Crippen LogP contribution is 2.17. The molecule has 21 heavy (non-hydrogen) atoms. The second-order valence-electron chi connectivity index (χ2n) is 4.37. The molecule has 0 aliphatic heterocycles. The number of nitrogens with zero attached hydrogens (tertiary/aromatic N) is 3. The Hall–Kier alpha value is -2.50. The summed E-state index contributed by atoms with van der Waals surface area (Å²) in [6.45, 7) is 5.05. The minimum Gasteiger partial charge on any atom is -0.338 e. The minimum atomic E-state index is -0.373. The summed E-state index contributed by atoms with van der Waals surface area (Å²) >= 11 is 0. The molecule has 2 aromatic rings. The Morgan fingerprint density at radius 1 is 1.19 bits per heavy atom. The Balaban J connectivity index is 2.12. The molecule has 0 saturated carbocycles. The van der Waals surface area contributed by atoms with Gasteiger partial charge in [0.25, 0.3) is 5.91 Å². The molecule has 1 aromatic carbocycles. The van der Waals surface area contributed by atoms with Crippen LogP contribution in [-0.4, -0.2) is 33.9 Å². The third-order valence-electron chi connectivity index (χ3n) is 3.06. The zero-order valence-corrected chi connectivity index (χ0v) is 12.0.